The van der Waals surface area contributed by atoms with E-state index in [1.54, 1.807) is 0 Å². The van der Waals surface area contributed by atoms with Gasteiger partial charge in [-0.05, 0) is 12.3 Å². The fourth-order valence-corrected chi connectivity index (χ4v) is 2.82. The first-order valence-electron chi connectivity index (χ1n) is 9.12. The molecule has 0 aliphatic heterocycles. The van der Waals surface area contributed by atoms with Crippen molar-refractivity contribution in [1.82, 2.24) is 5.32 Å². The summed E-state index contributed by atoms with van der Waals surface area (Å²) in [6.45, 7) is 4.85. The van der Waals surface area contributed by atoms with E-state index in [4.69, 9.17) is 14.2 Å². The number of methoxy groups -OCH3 is 3. The SMILES string of the molecule is COc1cc(C(=O)NCCCCCCC(C)C)c([N+](=O)[O-])c(OC)c1OC. The van der Waals surface area contributed by atoms with Crippen molar-refractivity contribution in [1.29, 1.82) is 0 Å². The Morgan fingerprint density at radius 1 is 1.07 bits per heavy atom. The Labute approximate surface area is 160 Å². The number of nitrogens with zero attached hydrogens (tertiary/aromatic N) is 1. The molecule has 27 heavy (non-hydrogen) atoms. The second kappa shape index (κ2) is 11.3. The molecule has 1 rings (SSSR count). The van der Waals surface area contributed by atoms with Crippen LogP contribution in [-0.2, 0) is 0 Å². The molecule has 152 valence electrons. The maximum atomic E-state index is 12.5. The summed E-state index contributed by atoms with van der Waals surface area (Å²) in [5, 5.41) is 14.3. The molecule has 0 unspecified atom stereocenters. The van der Waals surface area contributed by atoms with E-state index in [0.29, 0.717) is 12.5 Å². The number of nitro benzene ring substituents is 1. The molecule has 1 N–H and O–H groups in total. The molecule has 0 aliphatic rings. The number of unbranched alkanes of at least 4 members (excludes halogenated alkanes) is 3. The summed E-state index contributed by atoms with van der Waals surface area (Å²) in [7, 11) is 4.02. The lowest BCUT2D eigenvalue weighted by Crippen LogP contribution is -2.25. The zero-order valence-corrected chi connectivity index (χ0v) is 16.8. The molecule has 1 aromatic carbocycles. The Balaban J connectivity index is 2.85. The van der Waals surface area contributed by atoms with Gasteiger partial charge in [0.25, 0.3) is 5.91 Å². The minimum Gasteiger partial charge on any atom is -0.493 e. The Morgan fingerprint density at radius 2 is 1.70 bits per heavy atom. The van der Waals surface area contributed by atoms with E-state index in [1.165, 1.54) is 40.2 Å². The molecular weight excluding hydrogens is 352 g/mol. The zero-order chi connectivity index (χ0) is 20.4. The van der Waals surface area contributed by atoms with Crippen LogP contribution in [0.1, 0.15) is 56.3 Å². The summed E-state index contributed by atoms with van der Waals surface area (Å²) < 4.78 is 15.5. The monoisotopic (exact) mass is 382 g/mol. The number of nitrogens with one attached hydrogen (secondary N) is 1. The first-order valence-corrected chi connectivity index (χ1v) is 9.12. The van der Waals surface area contributed by atoms with Crippen molar-refractivity contribution < 1.29 is 23.9 Å². The van der Waals surface area contributed by atoms with Crippen LogP contribution in [0.2, 0.25) is 0 Å². The van der Waals surface area contributed by atoms with Crippen LogP contribution in [0.4, 0.5) is 5.69 Å². The fraction of sp³-hybridized carbons (Fsp3) is 0.632. The van der Waals surface area contributed by atoms with Crippen LogP contribution >= 0.6 is 0 Å². The maximum Gasteiger partial charge on any atom is 0.327 e. The van der Waals surface area contributed by atoms with Crippen molar-refractivity contribution in [3.8, 4) is 17.2 Å². The van der Waals surface area contributed by atoms with Crippen LogP contribution in [0.15, 0.2) is 6.07 Å². The van der Waals surface area contributed by atoms with Gasteiger partial charge in [0.05, 0.1) is 26.3 Å². The molecule has 0 saturated heterocycles. The Hall–Kier alpha value is -2.51. The van der Waals surface area contributed by atoms with Gasteiger partial charge in [-0.3, -0.25) is 14.9 Å². The summed E-state index contributed by atoms with van der Waals surface area (Å²) >= 11 is 0. The van der Waals surface area contributed by atoms with Crippen LogP contribution < -0.4 is 19.5 Å². The third-order valence-corrected chi connectivity index (χ3v) is 4.22. The molecule has 8 heteroatoms. The molecule has 0 radical (unpaired) electrons. The Bertz CT molecular complexity index is 646. The van der Waals surface area contributed by atoms with Crippen molar-refractivity contribution in [2.75, 3.05) is 27.9 Å². The molecule has 0 aliphatic carbocycles. The van der Waals surface area contributed by atoms with Crippen LogP contribution in [0.3, 0.4) is 0 Å². The first-order chi connectivity index (χ1) is 12.9. The third kappa shape index (κ3) is 6.30. The van der Waals surface area contributed by atoms with Gasteiger partial charge in [-0.15, -0.1) is 0 Å². The number of ether oxygens (including phenoxy) is 3. The topological polar surface area (TPSA) is 99.9 Å². The predicted molar refractivity (Wildman–Crippen MR) is 103 cm³/mol. The molecule has 0 spiro atoms. The number of rotatable bonds is 12. The minimum absolute atomic E-state index is 0.0772. The number of amides is 1. The summed E-state index contributed by atoms with van der Waals surface area (Å²) in [5.74, 6) is 0.293. The number of hydrogen-bond acceptors (Lipinski definition) is 6. The van der Waals surface area contributed by atoms with E-state index in [2.05, 4.69) is 19.2 Å². The lowest BCUT2D eigenvalue weighted by Gasteiger charge is -2.15. The quantitative estimate of drug-likeness (QED) is 0.334. The summed E-state index contributed by atoms with van der Waals surface area (Å²) in [6.07, 6.45) is 5.30. The molecule has 0 saturated carbocycles. The van der Waals surface area contributed by atoms with E-state index in [9.17, 15) is 14.9 Å². The number of benzene rings is 1. The smallest absolute Gasteiger partial charge is 0.327 e. The number of carbonyl (C=O) groups excluding carboxylic acids is 1. The molecule has 0 bridgehead atoms. The molecule has 0 aromatic heterocycles. The first kappa shape index (κ1) is 22.5. The van der Waals surface area contributed by atoms with Gasteiger partial charge in [0.1, 0.15) is 5.56 Å². The standard InChI is InChI=1S/C19H30N2O6/c1-13(2)10-8-6-7-9-11-20-19(22)14-12-15(25-3)17(26-4)18(27-5)16(14)21(23)24/h12-13H,6-11H2,1-5H3,(H,20,22). The summed E-state index contributed by atoms with van der Waals surface area (Å²) in [4.78, 5) is 23.4. The van der Waals surface area contributed by atoms with Crippen LogP contribution in [0.25, 0.3) is 0 Å². The van der Waals surface area contributed by atoms with Crippen molar-refractivity contribution in [2.24, 2.45) is 5.92 Å². The molecule has 1 aromatic rings. The number of hydrogen-bond donors (Lipinski definition) is 1. The van der Waals surface area contributed by atoms with Gasteiger partial charge in [0, 0.05) is 12.6 Å². The van der Waals surface area contributed by atoms with Gasteiger partial charge in [-0.2, -0.15) is 0 Å². The highest BCUT2D eigenvalue weighted by atomic mass is 16.6. The van der Waals surface area contributed by atoms with Gasteiger partial charge in [0.15, 0.2) is 5.75 Å². The van der Waals surface area contributed by atoms with Gasteiger partial charge < -0.3 is 19.5 Å². The maximum absolute atomic E-state index is 12.5. The highest BCUT2D eigenvalue weighted by Crippen LogP contribution is 2.46. The number of carbonyl (C=O) groups is 1. The van der Waals surface area contributed by atoms with Crippen molar-refractivity contribution in [3.05, 3.63) is 21.7 Å². The van der Waals surface area contributed by atoms with E-state index in [0.717, 1.165) is 19.3 Å². The molecular formula is C19H30N2O6. The minimum atomic E-state index is -0.651. The van der Waals surface area contributed by atoms with Crippen LogP contribution in [0.5, 0.6) is 17.2 Å². The summed E-state index contributed by atoms with van der Waals surface area (Å²) in [5.41, 5.74) is -0.557. The second-order valence-corrected chi connectivity index (χ2v) is 6.65. The molecule has 8 nitrogen and oxygen atoms in total. The van der Waals surface area contributed by atoms with Crippen LogP contribution in [0, 0.1) is 16.0 Å². The van der Waals surface area contributed by atoms with Gasteiger partial charge in [-0.1, -0.05) is 39.5 Å². The zero-order valence-electron chi connectivity index (χ0n) is 16.8. The summed E-state index contributed by atoms with van der Waals surface area (Å²) in [6, 6.07) is 1.30. The lowest BCUT2D eigenvalue weighted by molar-refractivity contribution is -0.386. The van der Waals surface area contributed by atoms with E-state index >= 15 is 0 Å². The lowest BCUT2D eigenvalue weighted by atomic mass is 10.0. The van der Waals surface area contributed by atoms with Crippen molar-refractivity contribution in [3.63, 3.8) is 0 Å². The molecule has 0 fully saturated rings. The average molecular weight is 382 g/mol. The number of nitro groups is 1. The Kier molecular flexibility index (Phi) is 9.39. The van der Waals surface area contributed by atoms with E-state index < -0.39 is 16.5 Å². The predicted octanol–water partition coefficient (Wildman–Crippen LogP) is 3.96. The van der Waals surface area contributed by atoms with Crippen molar-refractivity contribution in [2.45, 2.75) is 46.0 Å². The molecule has 0 heterocycles. The van der Waals surface area contributed by atoms with Crippen molar-refractivity contribution >= 4 is 11.6 Å². The van der Waals surface area contributed by atoms with Crippen LogP contribution in [-0.4, -0.2) is 38.7 Å². The average Bonchev–Trinajstić information content (AvgIpc) is 2.64. The second-order valence-electron chi connectivity index (χ2n) is 6.65. The van der Waals surface area contributed by atoms with Gasteiger partial charge in [-0.25, -0.2) is 0 Å². The molecule has 1 amide bonds. The van der Waals surface area contributed by atoms with Gasteiger partial charge in [0.2, 0.25) is 11.5 Å². The van der Waals surface area contributed by atoms with E-state index in [1.807, 2.05) is 0 Å². The highest BCUT2D eigenvalue weighted by molar-refractivity contribution is 6.00. The molecule has 0 atom stereocenters. The third-order valence-electron chi connectivity index (χ3n) is 4.22. The fourth-order valence-electron chi connectivity index (χ4n) is 2.82. The van der Waals surface area contributed by atoms with E-state index in [-0.39, 0.29) is 22.8 Å². The van der Waals surface area contributed by atoms with Gasteiger partial charge >= 0.3 is 5.69 Å². The Morgan fingerprint density at radius 3 is 2.22 bits per heavy atom. The normalized spacial score (nSPS) is 10.6. The largest absolute Gasteiger partial charge is 0.493 e. The highest BCUT2D eigenvalue weighted by Gasteiger charge is 2.32.